The van der Waals surface area contributed by atoms with Gasteiger partial charge in [0.2, 0.25) is 0 Å². The van der Waals surface area contributed by atoms with Gasteiger partial charge in [-0.3, -0.25) is 0 Å². The first kappa shape index (κ1) is 38.3. The molecule has 0 amide bonds. The lowest BCUT2D eigenvalue weighted by Gasteiger charge is -2.27. The fourth-order valence-electron chi connectivity index (χ4n) is 10.4. The fraction of sp³-hybridized carbons (Fsp3) is 0.0175. The van der Waals surface area contributed by atoms with Crippen molar-refractivity contribution in [2.45, 2.75) is 6.18 Å². The Labute approximate surface area is 382 Å². The smallest absolute Gasteiger partial charge is 0.308 e. The van der Waals surface area contributed by atoms with Crippen LogP contribution in [0.15, 0.2) is 176 Å². The van der Waals surface area contributed by atoms with Gasteiger partial charge < -0.3 is 9.13 Å². The number of hydrogen-bond acceptors (Lipinski definition) is 4. The van der Waals surface area contributed by atoms with E-state index in [0.717, 1.165) is 72.9 Å². The molecule has 13 aromatic rings. The van der Waals surface area contributed by atoms with Gasteiger partial charge in [-0.1, -0.05) is 121 Å². The monoisotopic (exact) mass is 890 g/mol. The van der Waals surface area contributed by atoms with E-state index < -0.39 is 11.7 Å². The summed E-state index contributed by atoms with van der Waals surface area (Å²) in [5.74, 6) is 0. The molecular weight excluding hydrogens is 862 g/mol. The maximum atomic E-state index is 17.1. The number of para-hydroxylation sites is 2. The molecule has 0 saturated carbocycles. The lowest BCUT2D eigenvalue weighted by atomic mass is 9.85. The van der Waals surface area contributed by atoms with Gasteiger partial charge in [0, 0.05) is 84.1 Å². The molecule has 4 aromatic heterocycles. The van der Waals surface area contributed by atoms with Crippen molar-refractivity contribution in [2.24, 2.45) is 0 Å². The number of benzene rings is 9. The summed E-state index contributed by atoms with van der Waals surface area (Å²) in [5.41, 5.74) is 2.57. The fourth-order valence-corrected chi connectivity index (χ4v) is 12.9. The van der Waals surface area contributed by atoms with Crippen LogP contribution in [-0.4, -0.2) is 9.13 Å². The topological polar surface area (TPSA) is 57.4 Å². The molecule has 0 unspecified atom stereocenters. The van der Waals surface area contributed by atoms with Gasteiger partial charge in [-0.25, -0.2) is 0 Å². The predicted octanol–water partition coefficient (Wildman–Crippen LogP) is 16.7. The molecule has 0 aliphatic rings. The first-order chi connectivity index (χ1) is 32.3. The second-order valence-corrected chi connectivity index (χ2v) is 18.5. The molecule has 0 N–H and O–H groups in total. The van der Waals surface area contributed by atoms with Gasteiger partial charge >= 0.3 is 6.18 Å². The molecule has 0 spiro atoms. The third-order valence-corrected chi connectivity index (χ3v) is 15.5. The molecule has 9 heteroatoms. The van der Waals surface area contributed by atoms with Crippen LogP contribution in [-0.2, 0) is 6.18 Å². The summed E-state index contributed by atoms with van der Waals surface area (Å²) < 4.78 is 59.6. The first-order valence-corrected chi connectivity index (χ1v) is 22.9. The molecule has 0 fully saturated rings. The Bertz CT molecular complexity index is 4050. The molecule has 310 valence electrons. The summed E-state index contributed by atoms with van der Waals surface area (Å²) >= 11 is 3.34. The highest BCUT2D eigenvalue weighted by atomic mass is 32.1. The summed E-state index contributed by atoms with van der Waals surface area (Å²) in [7, 11) is 0. The highest BCUT2D eigenvalue weighted by Crippen LogP contribution is 2.54. The Hall–Kier alpha value is -8.21. The number of hydrogen-bond donors (Lipinski definition) is 0. The van der Waals surface area contributed by atoms with Crippen LogP contribution < -0.4 is 0 Å². The number of fused-ring (bicyclic) bond motifs is 14. The van der Waals surface area contributed by atoms with Gasteiger partial charge in [-0.05, 0) is 54.6 Å². The largest absolute Gasteiger partial charge is 0.417 e. The number of halogens is 3. The van der Waals surface area contributed by atoms with Gasteiger partial charge in [0.25, 0.3) is 0 Å². The van der Waals surface area contributed by atoms with Crippen molar-refractivity contribution in [1.82, 2.24) is 9.13 Å². The predicted molar refractivity (Wildman–Crippen MR) is 266 cm³/mol. The van der Waals surface area contributed by atoms with Gasteiger partial charge in [0.1, 0.15) is 0 Å². The minimum absolute atomic E-state index is 0.0909. The maximum Gasteiger partial charge on any atom is 0.417 e. The molecule has 4 nitrogen and oxygen atoms in total. The highest BCUT2D eigenvalue weighted by molar-refractivity contribution is 7.27. The zero-order valence-electron chi connectivity index (χ0n) is 34.5. The first-order valence-electron chi connectivity index (χ1n) is 21.3. The summed E-state index contributed by atoms with van der Waals surface area (Å²) in [6.07, 6.45) is -5.00. The second-order valence-electron chi connectivity index (χ2n) is 16.4. The molecular formula is C57H29F3N4S2. The van der Waals surface area contributed by atoms with E-state index in [9.17, 15) is 10.5 Å². The average Bonchev–Trinajstić information content (AvgIpc) is 4.10. The molecule has 9 aromatic carbocycles. The van der Waals surface area contributed by atoms with Crippen LogP contribution in [0.3, 0.4) is 0 Å². The molecule has 0 atom stereocenters. The zero-order chi connectivity index (χ0) is 44.4. The Morgan fingerprint density at radius 3 is 1.24 bits per heavy atom. The van der Waals surface area contributed by atoms with Crippen LogP contribution in [0.4, 0.5) is 13.2 Å². The second kappa shape index (κ2) is 14.1. The average molecular weight is 891 g/mol. The maximum absolute atomic E-state index is 17.1. The van der Waals surface area contributed by atoms with E-state index in [1.807, 2.05) is 100 Å². The third kappa shape index (κ3) is 5.30. The molecule has 0 radical (unpaired) electrons. The van der Waals surface area contributed by atoms with E-state index >= 15 is 13.2 Å². The van der Waals surface area contributed by atoms with Crippen molar-refractivity contribution in [3.05, 3.63) is 193 Å². The van der Waals surface area contributed by atoms with Gasteiger partial charge in [-0.2, -0.15) is 23.7 Å². The molecule has 13 rings (SSSR count). The summed E-state index contributed by atoms with van der Waals surface area (Å²) in [6.45, 7) is 0. The SMILES string of the molecule is N#Cc1ccccc1-c1c(-n2c3ccccc3c3c4sc5ccccc5c4ccc32)cc(-n2c3ccccc3c3c4sc5ccccc5c4ccc32)c(-c2ccccc2C#N)c1C(F)(F)F. The van der Waals surface area contributed by atoms with Crippen molar-refractivity contribution in [3.8, 4) is 45.8 Å². The lowest BCUT2D eigenvalue weighted by Crippen LogP contribution is -2.16. The van der Waals surface area contributed by atoms with Crippen molar-refractivity contribution in [1.29, 1.82) is 10.5 Å². The number of rotatable bonds is 4. The normalized spacial score (nSPS) is 12.1. The third-order valence-electron chi connectivity index (χ3n) is 13.0. The Morgan fingerprint density at radius 1 is 0.409 bits per heavy atom. The van der Waals surface area contributed by atoms with Crippen LogP contribution in [0.1, 0.15) is 16.7 Å². The number of thiophene rings is 2. The van der Waals surface area contributed by atoms with Gasteiger partial charge in [-0.15, -0.1) is 22.7 Å². The Balaban J connectivity index is 1.30. The zero-order valence-corrected chi connectivity index (χ0v) is 36.1. The van der Waals surface area contributed by atoms with Crippen LogP contribution in [0.2, 0.25) is 0 Å². The van der Waals surface area contributed by atoms with Crippen molar-refractivity contribution in [2.75, 3.05) is 0 Å². The number of nitrogens with zero attached hydrogens (tertiary/aromatic N) is 4. The van der Waals surface area contributed by atoms with Crippen LogP contribution in [0, 0.1) is 22.7 Å². The van der Waals surface area contributed by atoms with Crippen LogP contribution in [0.5, 0.6) is 0 Å². The summed E-state index contributed by atoms with van der Waals surface area (Å²) in [5, 5.41) is 29.4. The number of aromatic nitrogens is 2. The van der Waals surface area contributed by atoms with Crippen LogP contribution >= 0.6 is 22.7 Å². The van der Waals surface area contributed by atoms with Gasteiger partial charge in [0.15, 0.2) is 0 Å². The van der Waals surface area contributed by atoms with Crippen molar-refractivity contribution >= 4 is 107 Å². The van der Waals surface area contributed by atoms with Crippen molar-refractivity contribution < 1.29 is 13.2 Å². The molecule has 4 heterocycles. The van der Waals surface area contributed by atoms with E-state index in [2.05, 4.69) is 48.5 Å². The highest BCUT2D eigenvalue weighted by Gasteiger charge is 2.42. The lowest BCUT2D eigenvalue weighted by molar-refractivity contribution is -0.136. The van der Waals surface area contributed by atoms with Gasteiger partial charge in [0.05, 0.1) is 62.3 Å². The van der Waals surface area contributed by atoms with Crippen molar-refractivity contribution in [3.63, 3.8) is 0 Å². The number of alkyl halides is 3. The molecule has 0 aliphatic carbocycles. The molecule has 0 saturated heterocycles. The van der Waals surface area contributed by atoms with E-state index in [-0.39, 0.29) is 44.8 Å². The van der Waals surface area contributed by atoms with E-state index in [1.165, 1.54) is 0 Å². The minimum atomic E-state index is -5.00. The molecule has 0 aliphatic heterocycles. The van der Waals surface area contributed by atoms with E-state index in [0.29, 0.717) is 11.0 Å². The quantitative estimate of drug-likeness (QED) is 0.177. The standard InChI is InChI=1S/C57H29F3N4S2/c58-57(59,60)54-50(34-15-3-1-13-32(34)30-61)46(63-42-21-9-5-19-40(42)52-44(63)27-25-38-36-17-7-11-23-48(36)65-55(38)52)29-47(51(54)35-16-4-2-14-33(35)31-62)64-43-22-10-6-20-41(43)53-45(64)28-26-39-37-18-8-12-24-49(37)66-56(39)53/h1-29H. The van der Waals surface area contributed by atoms with Crippen LogP contribution in [0.25, 0.3) is 118 Å². The summed E-state index contributed by atoms with van der Waals surface area (Å²) in [4.78, 5) is 0. The summed E-state index contributed by atoms with van der Waals surface area (Å²) in [6, 6.07) is 59.7. The van der Waals surface area contributed by atoms with E-state index in [1.54, 1.807) is 71.2 Å². The Kier molecular flexibility index (Phi) is 8.20. The minimum Gasteiger partial charge on any atom is -0.308 e. The van der Waals surface area contributed by atoms with E-state index in [4.69, 9.17) is 0 Å². The number of nitriles is 2. The Morgan fingerprint density at radius 2 is 0.803 bits per heavy atom. The molecule has 66 heavy (non-hydrogen) atoms. The molecule has 0 bridgehead atoms.